The minimum Gasteiger partial charge on any atom is -0.389 e. The van der Waals surface area contributed by atoms with E-state index in [4.69, 9.17) is 29.6 Å². The first-order valence-corrected chi connectivity index (χ1v) is 6.13. The van der Waals surface area contributed by atoms with Crippen LogP contribution in [-0.2, 0) is 0 Å². The summed E-state index contributed by atoms with van der Waals surface area (Å²) in [5.74, 6) is 0. The Labute approximate surface area is 116 Å². The summed E-state index contributed by atoms with van der Waals surface area (Å²) < 4.78 is 0. The lowest BCUT2D eigenvalue weighted by Crippen LogP contribution is -2.10. The molecule has 92 valence electrons. The second-order valence-corrected chi connectivity index (χ2v) is 4.72. The van der Waals surface area contributed by atoms with E-state index in [0.29, 0.717) is 15.6 Å². The number of hydrogen-bond acceptors (Lipinski definition) is 3. The third-order valence-electron chi connectivity index (χ3n) is 2.55. The monoisotopic (exact) mass is 277 g/mol. The lowest BCUT2D eigenvalue weighted by Gasteiger charge is -2.10. The van der Waals surface area contributed by atoms with Crippen LogP contribution < -0.4 is 11.1 Å². The molecule has 0 saturated heterocycles. The molecule has 3 N–H and O–H groups in total. The number of anilines is 2. The van der Waals surface area contributed by atoms with Crippen molar-refractivity contribution in [1.82, 2.24) is 4.98 Å². The smallest absolute Gasteiger partial charge is 0.105 e. The van der Waals surface area contributed by atoms with E-state index in [-0.39, 0.29) is 0 Å². The van der Waals surface area contributed by atoms with Gasteiger partial charge in [-0.2, -0.15) is 0 Å². The van der Waals surface area contributed by atoms with Gasteiger partial charge in [-0.05, 0) is 36.8 Å². The van der Waals surface area contributed by atoms with Crippen molar-refractivity contribution in [2.75, 3.05) is 5.32 Å². The van der Waals surface area contributed by atoms with Crippen molar-refractivity contribution < 1.29 is 0 Å². The predicted molar refractivity (Wildman–Crippen MR) is 79.6 cm³/mol. The summed E-state index contributed by atoms with van der Waals surface area (Å²) in [5, 5.41) is 3.78. The predicted octanol–water partition coefficient (Wildman–Crippen LogP) is 3.42. The number of aryl methyl sites for hydroxylation is 1. The Morgan fingerprint density at radius 1 is 1.39 bits per heavy atom. The van der Waals surface area contributed by atoms with E-state index in [2.05, 4.69) is 10.3 Å². The average molecular weight is 278 g/mol. The van der Waals surface area contributed by atoms with E-state index in [1.807, 2.05) is 19.1 Å². The van der Waals surface area contributed by atoms with Gasteiger partial charge in [-0.3, -0.25) is 4.98 Å². The lowest BCUT2D eigenvalue weighted by molar-refractivity contribution is 1.28. The number of nitrogens with zero attached hydrogens (tertiary/aromatic N) is 1. The van der Waals surface area contributed by atoms with Crippen molar-refractivity contribution >= 4 is 40.2 Å². The number of hydrogen-bond donors (Lipinski definition) is 2. The van der Waals surface area contributed by atoms with Crippen LogP contribution in [0, 0.1) is 6.92 Å². The topological polar surface area (TPSA) is 50.9 Å². The maximum absolute atomic E-state index is 6.11. The van der Waals surface area contributed by atoms with Gasteiger partial charge in [-0.15, -0.1) is 0 Å². The molecule has 0 amide bonds. The Balaban J connectivity index is 2.29. The highest BCUT2D eigenvalue weighted by atomic mass is 35.5. The number of halogens is 1. The zero-order chi connectivity index (χ0) is 13.1. The molecule has 0 aliphatic rings. The summed E-state index contributed by atoms with van der Waals surface area (Å²) in [4.78, 5) is 4.37. The first-order chi connectivity index (χ1) is 8.58. The number of nitrogens with one attached hydrogen (secondary N) is 1. The fraction of sp³-hybridized carbons (Fsp3) is 0.0769. The first-order valence-electron chi connectivity index (χ1n) is 5.35. The number of benzene rings is 1. The molecule has 0 aliphatic carbocycles. The van der Waals surface area contributed by atoms with E-state index < -0.39 is 0 Å². The molecule has 2 rings (SSSR count). The molecule has 2 aromatic rings. The summed E-state index contributed by atoms with van der Waals surface area (Å²) in [6.07, 6.45) is 3.52. The van der Waals surface area contributed by atoms with E-state index >= 15 is 0 Å². The standard InChI is InChI=1S/C13H12ClN3S/c1-8-4-5-16-7-12(8)17-9-2-3-10(13(15)18)11(14)6-9/h2-7,17H,1H3,(H2,15,18). The van der Waals surface area contributed by atoms with Crippen molar-refractivity contribution in [3.8, 4) is 0 Å². The normalized spacial score (nSPS) is 10.1. The molecule has 1 aromatic heterocycles. The molecule has 0 atom stereocenters. The number of aromatic nitrogens is 1. The van der Waals surface area contributed by atoms with Crippen molar-refractivity contribution in [2.45, 2.75) is 6.92 Å². The van der Waals surface area contributed by atoms with Crippen molar-refractivity contribution in [2.24, 2.45) is 5.73 Å². The second kappa shape index (κ2) is 5.33. The molecule has 18 heavy (non-hydrogen) atoms. The Kier molecular flexibility index (Phi) is 3.79. The fourth-order valence-electron chi connectivity index (χ4n) is 1.54. The fourth-order valence-corrected chi connectivity index (χ4v) is 2.06. The van der Waals surface area contributed by atoms with Gasteiger partial charge in [0.05, 0.1) is 16.9 Å². The summed E-state index contributed by atoms with van der Waals surface area (Å²) in [7, 11) is 0. The van der Waals surface area contributed by atoms with Gasteiger partial charge in [0.15, 0.2) is 0 Å². The van der Waals surface area contributed by atoms with Crippen LogP contribution in [0.25, 0.3) is 0 Å². The quantitative estimate of drug-likeness (QED) is 0.844. The molecule has 5 heteroatoms. The van der Waals surface area contributed by atoms with E-state index in [0.717, 1.165) is 16.9 Å². The Morgan fingerprint density at radius 2 is 2.17 bits per heavy atom. The highest BCUT2D eigenvalue weighted by Gasteiger charge is 2.05. The molecule has 1 heterocycles. The van der Waals surface area contributed by atoms with Gasteiger partial charge in [0.2, 0.25) is 0 Å². The van der Waals surface area contributed by atoms with Crippen LogP contribution in [0.3, 0.4) is 0 Å². The molecule has 0 unspecified atom stereocenters. The molecule has 0 radical (unpaired) electrons. The summed E-state index contributed by atoms with van der Waals surface area (Å²) in [6.45, 7) is 2.01. The van der Waals surface area contributed by atoms with Gasteiger partial charge in [0, 0.05) is 17.4 Å². The van der Waals surface area contributed by atoms with Crippen LogP contribution in [-0.4, -0.2) is 9.97 Å². The number of thiocarbonyl (C=S) groups is 1. The molecule has 0 fully saturated rings. The molecular weight excluding hydrogens is 266 g/mol. The zero-order valence-corrected chi connectivity index (χ0v) is 11.3. The summed E-state index contributed by atoms with van der Waals surface area (Å²) >= 11 is 11.0. The van der Waals surface area contributed by atoms with E-state index in [1.54, 1.807) is 24.5 Å². The molecule has 0 aliphatic heterocycles. The van der Waals surface area contributed by atoms with Crippen LogP contribution in [0.2, 0.25) is 5.02 Å². The minimum absolute atomic E-state index is 0.295. The van der Waals surface area contributed by atoms with Crippen molar-refractivity contribution in [3.05, 3.63) is 52.8 Å². The second-order valence-electron chi connectivity index (χ2n) is 3.87. The third kappa shape index (κ3) is 2.78. The maximum atomic E-state index is 6.11. The summed E-state index contributed by atoms with van der Waals surface area (Å²) in [6, 6.07) is 7.42. The van der Waals surface area contributed by atoms with Crippen LogP contribution in [0.4, 0.5) is 11.4 Å². The van der Waals surface area contributed by atoms with Crippen LogP contribution >= 0.6 is 23.8 Å². The number of pyridine rings is 1. The highest BCUT2D eigenvalue weighted by Crippen LogP contribution is 2.24. The minimum atomic E-state index is 0.295. The summed E-state index contributed by atoms with van der Waals surface area (Å²) in [5.41, 5.74) is 9.16. The maximum Gasteiger partial charge on any atom is 0.105 e. The van der Waals surface area contributed by atoms with Gasteiger partial charge >= 0.3 is 0 Å². The first kappa shape index (κ1) is 12.8. The molecule has 3 nitrogen and oxygen atoms in total. The largest absolute Gasteiger partial charge is 0.389 e. The highest BCUT2D eigenvalue weighted by molar-refractivity contribution is 7.80. The lowest BCUT2D eigenvalue weighted by atomic mass is 10.2. The molecule has 0 spiro atoms. The van der Waals surface area contributed by atoms with Crippen LogP contribution in [0.5, 0.6) is 0 Å². The van der Waals surface area contributed by atoms with Gasteiger partial charge in [-0.1, -0.05) is 23.8 Å². The van der Waals surface area contributed by atoms with Gasteiger partial charge in [-0.25, -0.2) is 0 Å². The average Bonchev–Trinajstić information content (AvgIpc) is 2.32. The number of nitrogens with two attached hydrogens (primary N) is 1. The molecular formula is C13H12ClN3S. The Bertz CT molecular complexity index is 599. The molecule has 1 aromatic carbocycles. The van der Waals surface area contributed by atoms with Gasteiger partial charge < -0.3 is 11.1 Å². The third-order valence-corrected chi connectivity index (χ3v) is 3.09. The number of rotatable bonds is 3. The van der Waals surface area contributed by atoms with Gasteiger partial charge in [0.25, 0.3) is 0 Å². The zero-order valence-electron chi connectivity index (χ0n) is 9.77. The van der Waals surface area contributed by atoms with E-state index in [1.165, 1.54) is 0 Å². The Morgan fingerprint density at radius 3 is 2.78 bits per heavy atom. The van der Waals surface area contributed by atoms with Crippen molar-refractivity contribution in [3.63, 3.8) is 0 Å². The SMILES string of the molecule is Cc1ccncc1Nc1ccc(C(N)=S)c(Cl)c1. The molecule has 0 bridgehead atoms. The molecule has 0 saturated carbocycles. The van der Waals surface area contributed by atoms with Crippen LogP contribution in [0.1, 0.15) is 11.1 Å². The van der Waals surface area contributed by atoms with Gasteiger partial charge in [0.1, 0.15) is 4.99 Å². The van der Waals surface area contributed by atoms with E-state index in [9.17, 15) is 0 Å². The van der Waals surface area contributed by atoms with Crippen molar-refractivity contribution in [1.29, 1.82) is 0 Å². The van der Waals surface area contributed by atoms with Crippen LogP contribution in [0.15, 0.2) is 36.7 Å². The Hall–Kier alpha value is -1.65.